The Hall–Kier alpha value is -2.36. The number of carbonyl (C=O) groups is 1. The molecule has 1 amide bonds. The summed E-state index contributed by atoms with van der Waals surface area (Å²) in [6, 6.07) is 6.28. The second-order valence-corrected chi connectivity index (χ2v) is 6.50. The van der Waals surface area contributed by atoms with E-state index in [9.17, 15) is 14.3 Å². The maximum Gasteiger partial charge on any atom is 0.258 e. The van der Waals surface area contributed by atoms with Crippen LogP contribution in [0.5, 0.6) is 0 Å². The molecule has 0 fully saturated rings. The van der Waals surface area contributed by atoms with Gasteiger partial charge in [-0.1, -0.05) is 18.2 Å². The lowest BCUT2D eigenvalue weighted by atomic mass is 10.1. The van der Waals surface area contributed by atoms with Crippen molar-refractivity contribution in [2.75, 3.05) is 7.05 Å². The molecule has 6 nitrogen and oxygen atoms in total. The Bertz CT molecular complexity index is 951. The normalized spacial score (nSPS) is 15.1. The first-order valence-corrected chi connectivity index (χ1v) is 8.46. The molecule has 4 rings (SSSR count). The van der Waals surface area contributed by atoms with Crippen LogP contribution in [-0.2, 0) is 24.4 Å². The van der Waals surface area contributed by atoms with Gasteiger partial charge in [0.25, 0.3) is 5.91 Å². The number of carbonyl (C=O) groups excluding carboxylic acids is 1. The van der Waals surface area contributed by atoms with Crippen LogP contribution in [0.2, 0.25) is 0 Å². The highest BCUT2D eigenvalue weighted by molar-refractivity contribution is 14.0. The summed E-state index contributed by atoms with van der Waals surface area (Å²) in [5.74, 6) is -0.348. The van der Waals surface area contributed by atoms with Gasteiger partial charge in [0.15, 0.2) is 0 Å². The molecule has 2 N–H and O–H groups in total. The fourth-order valence-corrected chi connectivity index (χ4v) is 3.33. The van der Waals surface area contributed by atoms with E-state index in [0.29, 0.717) is 30.9 Å². The van der Waals surface area contributed by atoms with E-state index in [4.69, 9.17) is 0 Å². The van der Waals surface area contributed by atoms with Crippen molar-refractivity contribution in [2.45, 2.75) is 26.1 Å². The van der Waals surface area contributed by atoms with Crippen LogP contribution in [0.1, 0.15) is 29.2 Å². The van der Waals surface area contributed by atoms with Crippen molar-refractivity contribution in [3.05, 3.63) is 64.8 Å². The number of fused-ring (bicyclic) bond motifs is 3. The molecule has 0 unspecified atom stereocenters. The number of rotatable bonds is 3. The summed E-state index contributed by atoms with van der Waals surface area (Å²) in [7, 11) is 1.95. The Morgan fingerprint density at radius 2 is 2.15 bits per heavy atom. The van der Waals surface area contributed by atoms with Gasteiger partial charge in [0, 0.05) is 38.3 Å². The molecule has 27 heavy (non-hydrogen) atoms. The molecule has 0 saturated carbocycles. The fraction of sp³-hybridized carbons (Fsp3) is 0.263. The molecule has 2 aromatic rings. The Morgan fingerprint density at radius 1 is 1.37 bits per heavy atom. The fourth-order valence-electron chi connectivity index (χ4n) is 3.33. The maximum absolute atomic E-state index is 13.7. The highest BCUT2D eigenvalue weighted by Crippen LogP contribution is 2.30. The highest BCUT2D eigenvalue weighted by Gasteiger charge is 2.30. The van der Waals surface area contributed by atoms with Gasteiger partial charge in [0.2, 0.25) is 0 Å². The zero-order chi connectivity index (χ0) is 18.3. The van der Waals surface area contributed by atoms with Gasteiger partial charge in [0.05, 0.1) is 17.9 Å². The Kier molecular flexibility index (Phi) is 5.54. The van der Waals surface area contributed by atoms with Crippen LogP contribution < -0.4 is 5.32 Å². The molecule has 0 saturated heterocycles. The third-order valence-electron chi connectivity index (χ3n) is 4.68. The van der Waals surface area contributed by atoms with E-state index in [1.54, 1.807) is 18.2 Å². The highest BCUT2D eigenvalue weighted by atomic mass is 127. The summed E-state index contributed by atoms with van der Waals surface area (Å²) in [5, 5.41) is 13.0. The number of hydrogen-bond acceptors (Lipinski definition) is 4. The van der Waals surface area contributed by atoms with E-state index in [0.717, 1.165) is 11.4 Å². The van der Waals surface area contributed by atoms with Crippen LogP contribution in [0.3, 0.4) is 0 Å². The summed E-state index contributed by atoms with van der Waals surface area (Å²) in [4.78, 5) is 19.3. The maximum atomic E-state index is 13.7. The summed E-state index contributed by atoms with van der Waals surface area (Å²) in [5.41, 5.74) is 2.39. The van der Waals surface area contributed by atoms with Gasteiger partial charge in [0.1, 0.15) is 23.0 Å². The average molecular weight is 482 g/mol. The predicted molar refractivity (Wildman–Crippen MR) is 111 cm³/mol. The van der Waals surface area contributed by atoms with Crippen molar-refractivity contribution < 1.29 is 14.3 Å². The van der Waals surface area contributed by atoms with Crippen LogP contribution in [0.15, 0.2) is 36.2 Å². The van der Waals surface area contributed by atoms with Crippen LogP contribution in [0.4, 0.5) is 4.39 Å². The van der Waals surface area contributed by atoms with E-state index in [1.807, 2.05) is 28.8 Å². The first kappa shape index (κ1) is 19.4. The monoisotopic (exact) mass is 482 g/mol. The summed E-state index contributed by atoms with van der Waals surface area (Å²) < 4.78 is 15.7. The number of allylic oxidation sites excluding steroid dienone is 1. The van der Waals surface area contributed by atoms with Gasteiger partial charge in [-0.2, -0.15) is 0 Å². The number of amides is 1. The number of hydrogen-bond donors (Lipinski definition) is 2. The minimum absolute atomic E-state index is 0. The number of halogens is 2. The molecule has 1 aromatic carbocycles. The van der Waals surface area contributed by atoms with Gasteiger partial charge >= 0.3 is 0 Å². The first-order valence-electron chi connectivity index (χ1n) is 8.46. The van der Waals surface area contributed by atoms with E-state index in [2.05, 4.69) is 10.3 Å². The van der Waals surface area contributed by atoms with Crippen LogP contribution >= 0.6 is 24.0 Å². The van der Waals surface area contributed by atoms with E-state index in [1.165, 1.54) is 6.07 Å². The average Bonchev–Trinajstić information content (AvgIpc) is 2.97. The number of aliphatic hydroxyl groups excluding tert-OH is 1. The standard InChI is InChI=1S/C19H19FN4O2.HI/c1-23-8-6-15-14(11-23)22-18-17(16(25)7-9-24(15)18)19(26)21-10-12-4-2-3-5-13(12)20;/h2-6,8,25H,7,9-11H2,1H3,(H,21,26);1H. The van der Waals surface area contributed by atoms with E-state index < -0.39 is 5.91 Å². The summed E-state index contributed by atoms with van der Waals surface area (Å²) in [6.45, 7) is 1.27. The molecule has 8 heteroatoms. The number of nitrogens with one attached hydrogen (secondary N) is 1. The van der Waals surface area contributed by atoms with Gasteiger partial charge < -0.3 is 19.9 Å². The SMILES string of the molecule is CN1C=Cc2c(nc3n2CCC(O)=C3C(=O)NCc2ccccc2F)C1.I. The molecule has 2 aliphatic rings. The number of benzene rings is 1. The van der Waals surface area contributed by atoms with Crippen molar-refractivity contribution in [1.29, 1.82) is 0 Å². The van der Waals surface area contributed by atoms with Crippen molar-refractivity contribution in [1.82, 2.24) is 19.8 Å². The van der Waals surface area contributed by atoms with Crippen LogP contribution in [0, 0.1) is 5.82 Å². The molecule has 0 bridgehead atoms. The smallest absolute Gasteiger partial charge is 0.258 e. The Morgan fingerprint density at radius 3 is 2.93 bits per heavy atom. The molecular formula is C19H20FIN4O2. The molecule has 142 valence electrons. The third kappa shape index (κ3) is 3.58. The second kappa shape index (κ2) is 7.71. The van der Waals surface area contributed by atoms with Crippen molar-refractivity contribution in [2.24, 2.45) is 0 Å². The topological polar surface area (TPSA) is 70.4 Å². The largest absolute Gasteiger partial charge is 0.511 e. The number of imidazole rings is 1. The van der Waals surface area contributed by atoms with Crippen molar-refractivity contribution >= 4 is 41.5 Å². The number of nitrogens with zero attached hydrogens (tertiary/aromatic N) is 3. The van der Waals surface area contributed by atoms with Crippen molar-refractivity contribution in [3.63, 3.8) is 0 Å². The summed E-state index contributed by atoms with van der Waals surface area (Å²) >= 11 is 0. The molecule has 1 aromatic heterocycles. The zero-order valence-electron chi connectivity index (χ0n) is 14.8. The van der Waals surface area contributed by atoms with Gasteiger partial charge in [-0.25, -0.2) is 9.37 Å². The molecular weight excluding hydrogens is 462 g/mol. The quantitative estimate of drug-likeness (QED) is 0.661. The Balaban J connectivity index is 0.00000210. The lowest BCUT2D eigenvalue weighted by molar-refractivity contribution is -0.116. The minimum atomic E-state index is -0.452. The lowest BCUT2D eigenvalue weighted by Gasteiger charge is -2.21. The number of aromatic nitrogens is 2. The summed E-state index contributed by atoms with van der Waals surface area (Å²) in [6.07, 6.45) is 4.29. The zero-order valence-corrected chi connectivity index (χ0v) is 17.1. The Labute approximate surface area is 173 Å². The minimum Gasteiger partial charge on any atom is -0.511 e. The van der Waals surface area contributed by atoms with Crippen molar-refractivity contribution in [3.8, 4) is 0 Å². The molecule has 0 aliphatic carbocycles. The molecule has 2 aliphatic heterocycles. The predicted octanol–water partition coefficient (Wildman–Crippen LogP) is 3.05. The molecule has 0 atom stereocenters. The lowest BCUT2D eigenvalue weighted by Crippen LogP contribution is -2.28. The number of aliphatic hydroxyl groups is 1. The third-order valence-corrected chi connectivity index (χ3v) is 4.68. The van der Waals surface area contributed by atoms with Gasteiger partial charge in [-0.15, -0.1) is 24.0 Å². The molecule has 3 heterocycles. The van der Waals surface area contributed by atoms with Gasteiger partial charge in [-0.3, -0.25) is 4.79 Å². The second-order valence-electron chi connectivity index (χ2n) is 6.50. The van der Waals surface area contributed by atoms with Crippen LogP contribution in [-0.4, -0.2) is 32.5 Å². The van der Waals surface area contributed by atoms with E-state index in [-0.39, 0.29) is 47.7 Å². The van der Waals surface area contributed by atoms with Crippen LogP contribution in [0.25, 0.3) is 11.6 Å². The molecule has 0 spiro atoms. The molecule has 0 radical (unpaired) electrons. The van der Waals surface area contributed by atoms with Gasteiger partial charge in [-0.05, 0) is 12.1 Å². The first-order chi connectivity index (χ1) is 12.5. The van der Waals surface area contributed by atoms with E-state index >= 15 is 0 Å².